The SMILES string of the molecule is CC(C)OP(=O)(O)OSOP(=O)(O)O. The monoisotopic (exact) mass is 268 g/mol. The maximum Gasteiger partial charge on any atom is 0.485 e. The molecule has 14 heavy (non-hydrogen) atoms. The van der Waals surface area contributed by atoms with Gasteiger partial charge in [-0.25, -0.2) is 9.13 Å². The van der Waals surface area contributed by atoms with E-state index in [0.29, 0.717) is 0 Å². The van der Waals surface area contributed by atoms with Crippen LogP contribution in [0.1, 0.15) is 13.8 Å². The fourth-order valence-electron chi connectivity index (χ4n) is 0.376. The van der Waals surface area contributed by atoms with Crippen molar-refractivity contribution in [1.82, 2.24) is 0 Å². The molecule has 8 nitrogen and oxygen atoms in total. The summed E-state index contributed by atoms with van der Waals surface area (Å²) in [6, 6.07) is 0. The van der Waals surface area contributed by atoms with Gasteiger partial charge < -0.3 is 14.7 Å². The van der Waals surface area contributed by atoms with Gasteiger partial charge in [-0.05, 0) is 13.8 Å². The Morgan fingerprint density at radius 2 is 1.64 bits per heavy atom. The molecule has 0 spiro atoms. The molecule has 0 radical (unpaired) electrons. The lowest BCUT2D eigenvalue weighted by molar-refractivity contribution is 0.165. The van der Waals surface area contributed by atoms with E-state index in [4.69, 9.17) is 14.7 Å². The fraction of sp³-hybridized carbons (Fsp3) is 1.00. The highest BCUT2D eigenvalue weighted by molar-refractivity contribution is 7.96. The molecule has 0 aliphatic rings. The lowest BCUT2D eigenvalue weighted by Gasteiger charge is -2.12. The Kier molecular flexibility index (Phi) is 5.83. The first-order chi connectivity index (χ1) is 6.12. The van der Waals surface area contributed by atoms with E-state index in [1.54, 1.807) is 0 Å². The van der Waals surface area contributed by atoms with Crippen molar-refractivity contribution in [2.45, 2.75) is 20.0 Å². The smallest absolute Gasteiger partial charge is 0.302 e. The van der Waals surface area contributed by atoms with E-state index in [1.807, 2.05) is 0 Å². The average molecular weight is 268 g/mol. The molecule has 0 aromatic rings. The van der Waals surface area contributed by atoms with Crippen molar-refractivity contribution < 1.29 is 36.3 Å². The second-order valence-corrected chi connectivity index (χ2v) is 5.79. The van der Waals surface area contributed by atoms with E-state index in [2.05, 4.69) is 12.5 Å². The number of phosphoric ester groups is 1. The van der Waals surface area contributed by atoms with Gasteiger partial charge in [0.25, 0.3) is 0 Å². The zero-order valence-corrected chi connectivity index (χ0v) is 9.87. The largest absolute Gasteiger partial charge is 0.485 e. The van der Waals surface area contributed by atoms with Crippen molar-refractivity contribution in [1.29, 1.82) is 0 Å². The highest BCUT2D eigenvalue weighted by atomic mass is 32.2. The second kappa shape index (κ2) is 5.60. The molecule has 0 rings (SSSR count). The Bertz CT molecular complexity index is 259. The third kappa shape index (κ3) is 9.14. The molecule has 1 unspecified atom stereocenters. The quantitative estimate of drug-likeness (QED) is 0.481. The molecular formula is C3H10O8P2S. The van der Waals surface area contributed by atoms with Crippen molar-refractivity contribution in [2.75, 3.05) is 0 Å². The average Bonchev–Trinajstić information content (AvgIpc) is 1.78. The molecular weight excluding hydrogens is 258 g/mol. The Hall–Kier alpha value is 0.570. The molecule has 0 aromatic heterocycles. The summed E-state index contributed by atoms with van der Waals surface area (Å²) >= 11 is -0.292. The van der Waals surface area contributed by atoms with Crippen LogP contribution in [0.15, 0.2) is 0 Å². The minimum atomic E-state index is -4.74. The first-order valence-corrected chi connectivity index (χ1v) is 6.93. The number of hydrogen-bond donors (Lipinski definition) is 3. The lowest BCUT2D eigenvalue weighted by atomic mass is 10.5. The minimum absolute atomic E-state index is 0.292. The maximum absolute atomic E-state index is 10.9. The lowest BCUT2D eigenvalue weighted by Crippen LogP contribution is -2.00. The van der Waals surface area contributed by atoms with Crippen LogP contribution in [0.25, 0.3) is 0 Å². The van der Waals surface area contributed by atoms with Crippen molar-refractivity contribution >= 4 is 28.0 Å². The van der Waals surface area contributed by atoms with Gasteiger partial charge >= 0.3 is 15.6 Å². The molecule has 0 aliphatic heterocycles. The molecule has 3 N–H and O–H groups in total. The molecule has 86 valence electrons. The first-order valence-electron chi connectivity index (χ1n) is 3.24. The van der Waals surface area contributed by atoms with Gasteiger partial charge in [-0.2, -0.15) is 7.94 Å². The van der Waals surface area contributed by atoms with E-state index in [-0.39, 0.29) is 12.3 Å². The highest BCUT2D eigenvalue weighted by Gasteiger charge is 2.26. The number of hydrogen-bond acceptors (Lipinski definition) is 6. The molecule has 11 heteroatoms. The van der Waals surface area contributed by atoms with Crippen LogP contribution >= 0.6 is 28.0 Å². The summed E-state index contributed by atoms with van der Waals surface area (Å²) in [5, 5.41) is 0. The highest BCUT2D eigenvalue weighted by Crippen LogP contribution is 2.52. The van der Waals surface area contributed by atoms with Gasteiger partial charge in [0.15, 0.2) is 12.3 Å². The van der Waals surface area contributed by atoms with Crippen LogP contribution in [0.3, 0.4) is 0 Å². The molecule has 0 bridgehead atoms. The normalized spacial score (nSPS) is 17.0. The van der Waals surface area contributed by atoms with Crippen LogP contribution in [-0.4, -0.2) is 20.8 Å². The van der Waals surface area contributed by atoms with Gasteiger partial charge in [0.1, 0.15) is 0 Å². The Balaban J connectivity index is 3.89. The van der Waals surface area contributed by atoms with Crippen LogP contribution in [-0.2, 0) is 21.6 Å². The second-order valence-electron chi connectivity index (χ2n) is 2.33. The van der Waals surface area contributed by atoms with Crippen LogP contribution in [0.2, 0.25) is 0 Å². The molecule has 1 atom stereocenters. The molecule has 0 saturated carbocycles. The summed E-state index contributed by atoms with van der Waals surface area (Å²) in [4.78, 5) is 25.2. The summed E-state index contributed by atoms with van der Waals surface area (Å²) < 4.78 is 33.1. The van der Waals surface area contributed by atoms with Crippen molar-refractivity contribution in [3.8, 4) is 0 Å². The molecule has 0 heterocycles. The van der Waals surface area contributed by atoms with E-state index in [1.165, 1.54) is 13.8 Å². The minimum Gasteiger partial charge on any atom is -0.302 e. The zero-order valence-electron chi connectivity index (χ0n) is 7.26. The molecule has 0 aromatic carbocycles. The summed E-state index contributed by atoms with van der Waals surface area (Å²) in [7, 11) is -9.08. The first kappa shape index (κ1) is 14.6. The van der Waals surface area contributed by atoms with Crippen LogP contribution in [0.5, 0.6) is 0 Å². The van der Waals surface area contributed by atoms with Crippen LogP contribution in [0, 0.1) is 0 Å². The predicted octanol–water partition coefficient (Wildman–Crippen LogP) is 1.20. The zero-order chi connectivity index (χ0) is 11.4. The van der Waals surface area contributed by atoms with Crippen LogP contribution < -0.4 is 0 Å². The topological polar surface area (TPSA) is 123 Å². The maximum atomic E-state index is 10.9. The molecule has 0 fully saturated rings. The summed E-state index contributed by atoms with van der Waals surface area (Å²) in [5.41, 5.74) is 0. The number of rotatable bonds is 6. The van der Waals surface area contributed by atoms with Gasteiger partial charge in [0.2, 0.25) is 0 Å². The summed E-state index contributed by atoms with van der Waals surface area (Å²) in [5.74, 6) is 0. The third-order valence-electron chi connectivity index (χ3n) is 0.596. The van der Waals surface area contributed by atoms with Gasteiger partial charge in [-0.1, -0.05) is 0 Å². The van der Waals surface area contributed by atoms with Gasteiger partial charge in [0.05, 0.1) is 6.10 Å². The predicted molar refractivity (Wildman–Crippen MR) is 47.9 cm³/mol. The van der Waals surface area contributed by atoms with E-state index < -0.39 is 21.7 Å². The Morgan fingerprint density at radius 1 is 1.14 bits per heavy atom. The van der Waals surface area contributed by atoms with Gasteiger partial charge in [-0.15, -0.1) is 0 Å². The van der Waals surface area contributed by atoms with Crippen molar-refractivity contribution in [2.24, 2.45) is 0 Å². The fourth-order valence-corrected chi connectivity index (χ4v) is 2.03. The van der Waals surface area contributed by atoms with Gasteiger partial charge in [-0.3, -0.25) is 4.52 Å². The summed E-state index contributed by atoms with van der Waals surface area (Å²) in [6.07, 6.45) is -0.568. The standard InChI is InChI=1S/C3H10O8P2S/c1-3(2)9-13(7,8)11-14-10-12(4,5)6/h3H,1-2H3,(H,7,8)(H2,4,5,6). The van der Waals surface area contributed by atoms with Crippen LogP contribution in [0.4, 0.5) is 0 Å². The van der Waals surface area contributed by atoms with E-state index in [9.17, 15) is 9.13 Å². The summed E-state index contributed by atoms with van der Waals surface area (Å²) in [6.45, 7) is 2.97. The Morgan fingerprint density at radius 3 is 2.00 bits per heavy atom. The molecule has 0 amide bonds. The van der Waals surface area contributed by atoms with E-state index in [0.717, 1.165) is 0 Å². The van der Waals surface area contributed by atoms with Gasteiger partial charge in [0, 0.05) is 0 Å². The third-order valence-corrected chi connectivity index (χ3v) is 3.30. The molecule has 0 aliphatic carbocycles. The Labute approximate surface area is 84.8 Å². The van der Waals surface area contributed by atoms with Crippen molar-refractivity contribution in [3.05, 3.63) is 0 Å². The van der Waals surface area contributed by atoms with Crippen molar-refractivity contribution in [3.63, 3.8) is 0 Å². The molecule has 0 saturated heterocycles. The van der Waals surface area contributed by atoms with E-state index >= 15 is 0 Å². The number of phosphoric acid groups is 2.